The van der Waals surface area contributed by atoms with E-state index < -0.39 is 11.7 Å². The molecule has 0 aliphatic rings. The van der Waals surface area contributed by atoms with Crippen LogP contribution in [0.15, 0.2) is 24.4 Å². The molecule has 0 amide bonds. The molecule has 0 aliphatic heterocycles. The van der Waals surface area contributed by atoms with E-state index in [2.05, 4.69) is 0 Å². The van der Waals surface area contributed by atoms with Crippen LogP contribution >= 0.6 is 0 Å². The zero-order chi connectivity index (χ0) is 13.3. The van der Waals surface area contributed by atoms with E-state index in [4.69, 9.17) is 0 Å². The number of hydrogen-bond donors (Lipinski definition) is 0. The predicted molar refractivity (Wildman–Crippen MR) is 62.4 cm³/mol. The predicted octanol–water partition coefficient (Wildman–Crippen LogP) is 3.42. The molecule has 96 valence electrons. The van der Waals surface area contributed by atoms with E-state index in [0.717, 1.165) is 6.07 Å². The molecule has 2 nitrogen and oxygen atoms in total. The van der Waals surface area contributed by atoms with Gasteiger partial charge in [-0.25, -0.2) is 0 Å². The van der Waals surface area contributed by atoms with Crippen LogP contribution in [0.1, 0.15) is 18.1 Å². The molecule has 0 aliphatic carbocycles. The van der Waals surface area contributed by atoms with Gasteiger partial charge in [0.25, 0.3) is 0 Å². The summed E-state index contributed by atoms with van der Waals surface area (Å²) in [6.45, 7) is 2.42. The lowest BCUT2D eigenvalue weighted by Crippen LogP contribution is -2.06. The van der Waals surface area contributed by atoms with Crippen molar-refractivity contribution < 1.29 is 18.0 Å². The number of carbonyl (C=O) groups excluding carboxylic acids is 1. The molecule has 18 heavy (non-hydrogen) atoms. The van der Waals surface area contributed by atoms with Gasteiger partial charge in [-0.15, -0.1) is 0 Å². The molecule has 0 unspecified atom stereocenters. The van der Waals surface area contributed by atoms with Crippen molar-refractivity contribution in [2.45, 2.75) is 26.1 Å². The van der Waals surface area contributed by atoms with Gasteiger partial charge in [0.05, 0.1) is 5.56 Å². The number of nitrogens with zero attached hydrogens (tertiary/aromatic N) is 1. The van der Waals surface area contributed by atoms with Crippen LogP contribution < -0.4 is 0 Å². The first kappa shape index (κ1) is 12.7. The van der Waals surface area contributed by atoms with Crippen LogP contribution in [-0.4, -0.2) is 10.9 Å². The minimum atomic E-state index is -4.41. The molecule has 2 rings (SSSR count). The van der Waals surface area contributed by atoms with Crippen LogP contribution in [-0.2, 0) is 23.9 Å². The Hall–Kier alpha value is -1.78. The van der Waals surface area contributed by atoms with E-state index in [1.165, 1.54) is 6.07 Å². The van der Waals surface area contributed by atoms with Gasteiger partial charge >= 0.3 is 6.18 Å². The summed E-state index contributed by atoms with van der Waals surface area (Å²) in [5, 5.41) is 0.138. The first-order valence-corrected chi connectivity index (χ1v) is 5.60. The van der Waals surface area contributed by atoms with Crippen LogP contribution in [0.2, 0.25) is 0 Å². The average molecular weight is 255 g/mol. The van der Waals surface area contributed by atoms with Crippen molar-refractivity contribution in [1.82, 2.24) is 4.57 Å². The third kappa shape index (κ3) is 2.00. The highest BCUT2D eigenvalue weighted by molar-refractivity contribution is 5.89. The van der Waals surface area contributed by atoms with Crippen molar-refractivity contribution in [1.29, 1.82) is 0 Å². The SMILES string of the molecule is CCn1cc(CC=O)c2c(C(F)(F)F)cccc21. The number of halogens is 3. The van der Waals surface area contributed by atoms with E-state index in [1.54, 1.807) is 16.8 Å². The summed E-state index contributed by atoms with van der Waals surface area (Å²) >= 11 is 0. The lowest BCUT2D eigenvalue weighted by atomic mass is 10.0. The number of benzene rings is 1. The highest BCUT2D eigenvalue weighted by Crippen LogP contribution is 2.37. The molecule has 0 radical (unpaired) electrons. The van der Waals surface area contributed by atoms with Crippen LogP contribution in [0.3, 0.4) is 0 Å². The number of carbonyl (C=O) groups is 1. The lowest BCUT2D eigenvalue weighted by molar-refractivity contribution is -0.136. The maximum absolute atomic E-state index is 13.0. The molecule has 1 aromatic heterocycles. The molecule has 1 heterocycles. The molecule has 0 saturated carbocycles. The van der Waals surface area contributed by atoms with Crippen molar-refractivity contribution in [2.75, 3.05) is 0 Å². The fourth-order valence-electron chi connectivity index (χ4n) is 2.18. The fourth-order valence-corrected chi connectivity index (χ4v) is 2.18. The topological polar surface area (TPSA) is 22.0 Å². The zero-order valence-electron chi connectivity index (χ0n) is 9.79. The third-order valence-electron chi connectivity index (χ3n) is 2.93. The van der Waals surface area contributed by atoms with Gasteiger partial charge in [-0.1, -0.05) is 6.07 Å². The maximum Gasteiger partial charge on any atom is 0.417 e. The van der Waals surface area contributed by atoms with Gasteiger partial charge in [0.15, 0.2) is 0 Å². The highest BCUT2D eigenvalue weighted by atomic mass is 19.4. The number of rotatable bonds is 3. The van der Waals surface area contributed by atoms with Crippen LogP contribution in [0.5, 0.6) is 0 Å². The Balaban J connectivity index is 2.80. The first-order chi connectivity index (χ1) is 8.49. The monoisotopic (exact) mass is 255 g/mol. The highest BCUT2D eigenvalue weighted by Gasteiger charge is 2.33. The molecule has 0 fully saturated rings. The molecule has 0 N–H and O–H groups in total. The Labute approximate surface area is 102 Å². The number of aldehydes is 1. The van der Waals surface area contributed by atoms with Crippen molar-refractivity contribution in [3.63, 3.8) is 0 Å². The summed E-state index contributed by atoms with van der Waals surface area (Å²) < 4.78 is 40.6. The summed E-state index contributed by atoms with van der Waals surface area (Å²) in [4.78, 5) is 10.6. The summed E-state index contributed by atoms with van der Waals surface area (Å²) in [5.74, 6) is 0. The molecule has 0 atom stereocenters. The standard InChI is InChI=1S/C13H12F3NO/c1-2-17-8-9(6-7-18)12-10(13(14,15)16)4-3-5-11(12)17/h3-5,7-8H,2,6H2,1H3. The van der Waals surface area contributed by atoms with Gasteiger partial charge in [-0.2, -0.15) is 13.2 Å². The van der Waals surface area contributed by atoms with Crippen LogP contribution in [0.25, 0.3) is 10.9 Å². The largest absolute Gasteiger partial charge is 0.417 e. The van der Waals surface area contributed by atoms with Gasteiger partial charge in [0, 0.05) is 30.1 Å². The Bertz CT molecular complexity index is 584. The van der Waals surface area contributed by atoms with E-state index in [-0.39, 0.29) is 11.8 Å². The average Bonchev–Trinajstić information content (AvgIpc) is 2.67. The molecule has 0 bridgehead atoms. The summed E-state index contributed by atoms with van der Waals surface area (Å²) in [5.41, 5.74) is 0.267. The lowest BCUT2D eigenvalue weighted by Gasteiger charge is -2.09. The summed E-state index contributed by atoms with van der Waals surface area (Å²) in [6, 6.07) is 4.08. The first-order valence-electron chi connectivity index (χ1n) is 5.60. The fraction of sp³-hybridized carbons (Fsp3) is 0.308. The number of alkyl halides is 3. The van der Waals surface area contributed by atoms with Crippen molar-refractivity contribution in [3.05, 3.63) is 35.5 Å². The van der Waals surface area contributed by atoms with E-state index in [1.807, 2.05) is 6.92 Å². The minimum absolute atomic E-state index is 0.00338. The Morgan fingerprint density at radius 3 is 2.61 bits per heavy atom. The number of fused-ring (bicyclic) bond motifs is 1. The molecule has 0 saturated heterocycles. The summed E-state index contributed by atoms with van der Waals surface area (Å²) in [6.07, 6.45) is -2.16. The molecule has 0 spiro atoms. The molecule has 2 aromatic rings. The Kier molecular flexibility index (Phi) is 3.15. The van der Waals surface area contributed by atoms with Crippen molar-refractivity contribution in [3.8, 4) is 0 Å². The quantitative estimate of drug-likeness (QED) is 0.770. The van der Waals surface area contributed by atoms with Crippen molar-refractivity contribution in [2.24, 2.45) is 0 Å². The van der Waals surface area contributed by atoms with E-state index >= 15 is 0 Å². The second-order valence-electron chi connectivity index (χ2n) is 4.01. The van der Waals surface area contributed by atoms with Crippen LogP contribution in [0.4, 0.5) is 13.2 Å². The molecular weight excluding hydrogens is 243 g/mol. The normalized spacial score (nSPS) is 12.0. The smallest absolute Gasteiger partial charge is 0.347 e. The van der Waals surface area contributed by atoms with Gasteiger partial charge in [-0.05, 0) is 24.6 Å². The van der Waals surface area contributed by atoms with Crippen molar-refractivity contribution >= 4 is 17.2 Å². The van der Waals surface area contributed by atoms with Gasteiger partial charge < -0.3 is 9.36 Å². The molecular formula is C13H12F3NO. The zero-order valence-corrected chi connectivity index (χ0v) is 9.79. The molecule has 5 heteroatoms. The third-order valence-corrected chi connectivity index (χ3v) is 2.93. The number of hydrogen-bond acceptors (Lipinski definition) is 1. The van der Waals surface area contributed by atoms with Gasteiger partial charge in [0.1, 0.15) is 6.29 Å². The number of aromatic nitrogens is 1. The minimum Gasteiger partial charge on any atom is -0.347 e. The second-order valence-corrected chi connectivity index (χ2v) is 4.01. The van der Waals surface area contributed by atoms with Gasteiger partial charge in [-0.3, -0.25) is 0 Å². The number of aryl methyl sites for hydroxylation is 1. The van der Waals surface area contributed by atoms with Gasteiger partial charge in [0.2, 0.25) is 0 Å². The van der Waals surface area contributed by atoms with E-state index in [9.17, 15) is 18.0 Å². The summed E-state index contributed by atoms with van der Waals surface area (Å²) in [7, 11) is 0. The molecule has 1 aromatic carbocycles. The second kappa shape index (κ2) is 4.48. The Morgan fingerprint density at radius 2 is 2.06 bits per heavy atom. The maximum atomic E-state index is 13.0. The van der Waals surface area contributed by atoms with Crippen LogP contribution in [0, 0.1) is 0 Å². The van der Waals surface area contributed by atoms with E-state index in [0.29, 0.717) is 23.9 Å². The Morgan fingerprint density at radius 1 is 1.33 bits per heavy atom.